The Morgan fingerprint density at radius 3 is 2.44 bits per heavy atom. The summed E-state index contributed by atoms with van der Waals surface area (Å²) in [6.07, 6.45) is 3.17. The molecule has 1 aromatic carbocycles. The molecule has 0 spiro atoms. The van der Waals surface area contributed by atoms with Crippen molar-refractivity contribution in [1.29, 1.82) is 0 Å². The molecule has 0 aliphatic heterocycles. The van der Waals surface area contributed by atoms with Crippen molar-refractivity contribution in [3.8, 4) is 5.75 Å². The minimum Gasteiger partial charge on any atom is -0.487 e. The molecule has 0 N–H and O–H groups in total. The van der Waals surface area contributed by atoms with E-state index in [-0.39, 0.29) is 17.8 Å². The first-order valence-electron chi connectivity index (χ1n) is 5.73. The lowest BCUT2D eigenvalue weighted by atomic mass is 9.95. The highest BCUT2D eigenvalue weighted by molar-refractivity contribution is 5.38. The van der Waals surface area contributed by atoms with E-state index in [1.807, 2.05) is 13.8 Å². The first-order chi connectivity index (χ1) is 7.58. The molecule has 0 unspecified atom stereocenters. The first kappa shape index (κ1) is 11.4. The molecule has 0 atom stereocenters. The maximum atomic E-state index is 13.6. The quantitative estimate of drug-likeness (QED) is 0.756. The number of halogens is 2. The van der Waals surface area contributed by atoms with Gasteiger partial charge < -0.3 is 4.74 Å². The summed E-state index contributed by atoms with van der Waals surface area (Å²) >= 11 is 0. The number of ether oxygens (including phenoxy) is 1. The first-order valence-corrected chi connectivity index (χ1v) is 5.73. The largest absolute Gasteiger partial charge is 0.487 e. The maximum absolute atomic E-state index is 13.6. The van der Waals surface area contributed by atoms with Crippen LogP contribution in [0.4, 0.5) is 8.78 Å². The summed E-state index contributed by atoms with van der Waals surface area (Å²) < 4.78 is 32.3. The molecule has 1 nitrogen and oxygen atoms in total. The fourth-order valence-electron chi connectivity index (χ4n) is 1.79. The lowest BCUT2D eigenvalue weighted by Crippen LogP contribution is -2.25. The normalized spacial score (nSPS) is 16.3. The lowest BCUT2D eigenvalue weighted by molar-refractivity contribution is 0.113. The number of benzene rings is 1. The van der Waals surface area contributed by atoms with Crippen LogP contribution in [0.15, 0.2) is 12.1 Å². The van der Waals surface area contributed by atoms with Crippen molar-refractivity contribution in [3.63, 3.8) is 0 Å². The predicted molar refractivity (Wildman–Crippen MR) is 58.7 cm³/mol. The van der Waals surface area contributed by atoms with Gasteiger partial charge in [-0.3, -0.25) is 0 Å². The second-order valence-corrected chi connectivity index (χ2v) is 4.63. The van der Waals surface area contributed by atoms with Crippen molar-refractivity contribution in [2.24, 2.45) is 0 Å². The topological polar surface area (TPSA) is 9.23 Å². The SMILES string of the molecule is CC(C)c1cc(F)cc(F)c1OC1CCC1. The van der Waals surface area contributed by atoms with Crippen LogP contribution in [-0.4, -0.2) is 6.10 Å². The highest BCUT2D eigenvalue weighted by atomic mass is 19.1. The number of hydrogen-bond acceptors (Lipinski definition) is 1. The summed E-state index contributed by atoms with van der Waals surface area (Å²) in [7, 11) is 0. The number of hydrogen-bond donors (Lipinski definition) is 0. The van der Waals surface area contributed by atoms with Gasteiger partial charge >= 0.3 is 0 Å². The Labute approximate surface area is 94.4 Å². The van der Waals surface area contributed by atoms with Crippen molar-refractivity contribution in [3.05, 3.63) is 29.3 Å². The number of rotatable bonds is 3. The van der Waals surface area contributed by atoms with Crippen LogP contribution in [0.3, 0.4) is 0 Å². The predicted octanol–water partition coefficient (Wildman–Crippen LogP) is 4.02. The Morgan fingerprint density at radius 2 is 1.94 bits per heavy atom. The molecular formula is C13H16F2O. The van der Waals surface area contributed by atoms with Gasteiger partial charge in [0.05, 0.1) is 6.10 Å². The zero-order valence-corrected chi connectivity index (χ0v) is 9.59. The molecule has 0 saturated heterocycles. The van der Waals surface area contributed by atoms with Gasteiger partial charge in [-0.2, -0.15) is 0 Å². The molecule has 1 fully saturated rings. The molecular weight excluding hydrogens is 210 g/mol. The molecule has 88 valence electrons. The van der Waals surface area contributed by atoms with Gasteiger partial charge in [-0.1, -0.05) is 13.8 Å². The summed E-state index contributed by atoms with van der Waals surface area (Å²) in [5.74, 6) is -0.834. The molecule has 0 bridgehead atoms. The van der Waals surface area contributed by atoms with Gasteiger partial charge in [-0.15, -0.1) is 0 Å². The van der Waals surface area contributed by atoms with Crippen LogP contribution in [0.25, 0.3) is 0 Å². The second kappa shape index (κ2) is 4.40. The minimum atomic E-state index is -0.587. The third kappa shape index (κ3) is 2.18. The van der Waals surface area contributed by atoms with E-state index >= 15 is 0 Å². The van der Waals surface area contributed by atoms with Gasteiger partial charge in [0.2, 0.25) is 0 Å². The van der Waals surface area contributed by atoms with E-state index in [0.717, 1.165) is 25.3 Å². The third-order valence-corrected chi connectivity index (χ3v) is 3.00. The van der Waals surface area contributed by atoms with E-state index in [1.54, 1.807) is 0 Å². The van der Waals surface area contributed by atoms with Crippen LogP contribution >= 0.6 is 0 Å². The fraction of sp³-hybridized carbons (Fsp3) is 0.538. The van der Waals surface area contributed by atoms with E-state index in [1.165, 1.54) is 6.07 Å². The average molecular weight is 226 g/mol. The van der Waals surface area contributed by atoms with E-state index in [4.69, 9.17) is 4.74 Å². The Bertz CT molecular complexity index is 384. The Morgan fingerprint density at radius 1 is 1.25 bits per heavy atom. The Kier molecular flexibility index (Phi) is 3.13. The summed E-state index contributed by atoms with van der Waals surface area (Å²) in [6, 6.07) is 2.25. The van der Waals surface area contributed by atoms with E-state index in [9.17, 15) is 8.78 Å². The maximum Gasteiger partial charge on any atom is 0.168 e. The van der Waals surface area contributed by atoms with Gasteiger partial charge in [0.15, 0.2) is 11.6 Å². The molecule has 3 heteroatoms. The third-order valence-electron chi connectivity index (χ3n) is 3.00. The molecule has 1 aliphatic carbocycles. The van der Waals surface area contributed by atoms with Crippen molar-refractivity contribution in [2.45, 2.75) is 45.1 Å². The summed E-state index contributed by atoms with van der Waals surface area (Å²) in [5, 5.41) is 0. The summed E-state index contributed by atoms with van der Waals surface area (Å²) in [4.78, 5) is 0. The molecule has 0 radical (unpaired) electrons. The van der Waals surface area contributed by atoms with Crippen LogP contribution < -0.4 is 4.74 Å². The van der Waals surface area contributed by atoms with Crippen LogP contribution in [0, 0.1) is 11.6 Å². The van der Waals surface area contributed by atoms with E-state index in [0.29, 0.717) is 5.56 Å². The average Bonchev–Trinajstić information content (AvgIpc) is 2.12. The van der Waals surface area contributed by atoms with Gasteiger partial charge in [-0.05, 0) is 31.2 Å². The van der Waals surface area contributed by atoms with Gasteiger partial charge in [0.25, 0.3) is 0 Å². The highest BCUT2D eigenvalue weighted by Gasteiger charge is 2.23. The lowest BCUT2D eigenvalue weighted by Gasteiger charge is -2.28. The van der Waals surface area contributed by atoms with E-state index < -0.39 is 11.6 Å². The molecule has 16 heavy (non-hydrogen) atoms. The summed E-state index contributed by atoms with van der Waals surface area (Å²) in [5.41, 5.74) is 0.615. The molecule has 0 aromatic heterocycles. The molecule has 0 amide bonds. The highest BCUT2D eigenvalue weighted by Crippen LogP contribution is 2.34. The van der Waals surface area contributed by atoms with E-state index in [2.05, 4.69) is 0 Å². The van der Waals surface area contributed by atoms with Crippen LogP contribution in [0.5, 0.6) is 5.75 Å². The molecule has 1 saturated carbocycles. The van der Waals surface area contributed by atoms with Crippen molar-refractivity contribution in [2.75, 3.05) is 0 Å². The van der Waals surface area contributed by atoms with Crippen LogP contribution in [0.1, 0.15) is 44.6 Å². The standard InChI is InChI=1S/C13H16F2O/c1-8(2)11-6-9(14)7-12(15)13(11)16-10-4-3-5-10/h6-8,10H,3-5H2,1-2H3. The zero-order chi connectivity index (χ0) is 11.7. The second-order valence-electron chi connectivity index (χ2n) is 4.63. The molecule has 0 heterocycles. The van der Waals surface area contributed by atoms with Gasteiger partial charge in [-0.25, -0.2) is 8.78 Å². The smallest absolute Gasteiger partial charge is 0.168 e. The monoisotopic (exact) mass is 226 g/mol. The van der Waals surface area contributed by atoms with Crippen LogP contribution in [0.2, 0.25) is 0 Å². The Balaban J connectivity index is 2.32. The van der Waals surface area contributed by atoms with Crippen molar-refractivity contribution in [1.82, 2.24) is 0 Å². The van der Waals surface area contributed by atoms with Gasteiger partial charge in [0.1, 0.15) is 5.82 Å². The molecule has 2 rings (SSSR count). The fourth-order valence-corrected chi connectivity index (χ4v) is 1.79. The van der Waals surface area contributed by atoms with Crippen LogP contribution in [-0.2, 0) is 0 Å². The minimum absolute atomic E-state index is 0.0558. The van der Waals surface area contributed by atoms with Crippen molar-refractivity contribution >= 4 is 0 Å². The van der Waals surface area contributed by atoms with Gasteiger partial charge in [0, 0.05) is 11.6 Å². The summed E-state index contributed by atoms with van der Waals surface area (Å²) in [6.45, 7) is 3.81. The molecule has 1 aromatic rings. The zero-order valence-electron chi connectivity index (χ0n) is 9.59. The molecule has 1 aliphatic rings. The Hall–Kier alpha value is -1.12. The van der Waals surface area contributed by atoms with Crippen molar-refractivity contribution < 1.29 is 13.5 Å².